The van der Waals surface area contributed by atoms with Gasteiger partial charge in [0.2, 0.25) is 0 Å². The van der Waals surface area contributed by atoms with Gasteiger partial charge in [0.05, 0.1) is 5.56 Å². The smallest absolute Gasteiger partial charge is 0.166 e. The molecule has 104 valence electrons. The van der Waals surface area contributed by atoms with Gasteiger partial charge in [0.15, 0.2) is 11.6 Å². The van der Waals surface area contributed by atoms with E-state index in [1.807, 2.05) is 13.8 Å². The van der Waals surface area contributed by atoms with Crippen LogP contribution in [-0.4, -0.2) is 24.2 Å². The summed E-state index contributed by atoms with van der Waals surface area (Å²) in [4.78, 5) is 3.88. The molecule has 1 atom stereocenters. The molecular weight excluding hydrogens is 269 g/mol. The molecule has 0 amide bonds. The fourth-order valence-electron chi connectivity index (χ4n) is 1.59. The van der Waals surface area contributed by atoms with Gasteiger partial charge in [-0.25, -0.2) is 9.37 Å². The molecule has 0 fully saturated rings. The van der Waals surface area contributed by atoms with Crippen molar-refractivity contribution >= 4 is 17.4 Å². The van der Waals surface area contributed by atoms with Gasteiger partial charge in [-0.05, 0) is 25.8 Å². The van der Waals surface area contributed by atoms with Crippen LogP contribution in [0.3, 0.4) is 0 Å². The quantitative estimate of drug-likeness (QED) is 0.616. The van der Waals surface area contributed by atoms with Gasteiger partial charge in [0.1, 0.15) is 11.2 Å². The maximum absolute atomic E-state index is 13.7. The topological polar surface area (TPSA) is 57.9 Å². The Morgan fingerprint density at radius 2 is 2.32 bits per heavy atom. The summed E-state index contributed by atoms with van der Waals surface area (Å²) in [6.07, 6.45) is 1.56. The van der Waals surface area contributed by atoms with Crippen LogP contribution in [0, 0.1) is 17.1 Å². The fourth-order valence-corrected chi connectivity index (χ4v) is 1.77. The number of nitriles is 1. The first-order valence-electron chi connectivity index (χ1n) is 6.22. The number of hydrogen-bond acceptors (Lipinski definition) is 4. The number of pyridine rings is 1. The van der Waals surface area contributed by atoms with Crippen LogP contribution < -0.4 is 5.32 Å². The lowest BCUT2D eigenvalue weighted by atomic mass is 10.1. The number of anilines is 1. The number of halogens is 2. The molecule has 0 aliphatic heterocycles. The predicted molar refractivity (Wildman–Crippen MR) is 72.7 cm³/mol. The molecule has 1 rings (SSSR count). The molecule has 1 unspecified atom stereocenters. The molecule has 1 heterocycles. The van der Waals surface area contributed by atoms with Gasteiger partial charge >= 0.3 is 0 Å². The largest absolute Gasteiger partial charge is 0.382 e. The van der Waals surface area contributed by atoms with Gasteiger partial charge in [-0.3, -0.25) is 0 Å². The second-order valence-electron chi connectivity index (χ2n) is 4.00. The van der Waals surface area contributed by atoms with Crippen molar-refractivity contribution in [1.82, 2.24) is 4.98 Å². The van der Waals surface area contributed by atoms with Crippen molar-refractivity contribution in [2.24, 2.45) is 0 Å². The third-order valence-electron chi connectivity index (χ3n) is 2.70. The zero-order valence-corrected chi connectivity index (χ0v) is 11.8. The number of aromatic nitrogens is 1. The zero-order chi connectivity index (χ0) is 14.3. The van der Waals surface area contributed by atoms with Gasteiger partial charge in [-0.2, -0.15) is 5.26 Å². The minimum atomic E-state index is -0.573. The van der Waals surface area contributed by atoms with E-state index in [1.54, 1.807) is 6.07 Å². The number of nitrogens with one attached hydrogen (secondary N) is 1. The number of rotatable bonds is 7. The lowest BCUT2D eigenvalue weighted by molar-refractivity contribution is 0.141. The van der Waals surface area contributed by atoms with Crippen LogP contribution in [0.4, 0.5) is 10.2 Å². The Morgan fingerprint density at radius 3 is 2.89 bits per heavy atom. The molecule has 0 bridgehead atoms. The minimum Gasteiger partial charge on any atom is -0.382 e. The SMILES string of the molecule is CCOCCC(CC)Nc1nc(Cl)c(C#N)cc1F. The van der Waals surface area contributed by atoms with E-state index in [0.29, 0.717) is 13.2 Å². The number of nitrogens with zero attached hydrogens (tertiary/aromatic N) is 2. The molecule has 0 aliphatic carbocycles. The molecule has 0 saturated carbocycles. The van der Waals surface area contributed by atoms with Crippen molar-refractivity contribution in [2.45, 2.75) is 32.7 Å². The maximum Gasteiger partial charge on any atom is 0.166 e. The first-order valence-corrected chi connectivity index (χ1v) is 6.60. The zero-order valence-electron chi connectivity index (χ0n) is 11.0. The van der Waals surface area contributed by atoms with Crippen LogP contribution in [0.5, 0.6) is 0 Å². The Bertz CT molecular complexity index is 462. The molecule has 19 heavy (non-hydrogen) atoms. The molecule has 1 N–H and O–H groups in total. The Morgan fingerprint density at radius 1 is 1.58 bits per heavy atom. The highest BCUT2D eigenvalue weighted by Crippen LogP contribution is 2.21. The van der Waals surface area contributed by atoms with Crippen LogP contribution in [0.2, 0.25) is 5.15 Å². The number of ether oxygens (including phenoxy) is 1. The van der Waals surface area contributed by atoms with Crippen LogP contribution in [-0.2, 0) is 4.74 Å². The van der Waals surface area contributed by atoms with E-state index in [1.165, 1.54) is 0 Å². The van der Waals surface area contributed by atoms with Crippen molar-refractivity contribution < 1.29 is 9.13 Å². The Kier molecular flexibility index (Phi) is 6.54. The summed E-state index contributed by atoms with van der Waals surface area (Å²) in [6.45, 7) is 5.18. The average Bonchev–Trinajstić information content (AvgIpc) is 2.41. The van der Waals surface area contributed by atoms with Gasteiger partial charge in [-0.1, -0.05) is 18.5 Å². The lowest BCUT2D eigenvalue weighted by Crippen LogP contribution is -2.22. The van der Waals surface area contributed by atoms with E-state index >= 15 is 0 Å². The third-order valence-corrected chi connectivity index (χ3v) is 2.99. The minimum absolute atomic E-state index is 0.00561. The molecule has 0 aliphatic rings. The summed E-state index contributed by atoms with van der Waals surface area (Å²) < 4.78 is 19.0. The van der Waals surface area contributed by atoms with Crippen molar-refractivity contribution in [3.63, 3.8) is 0 Å². The van der Waals surface area contributed by atoms with Crippen molar-refractivity contribution in [3.8, 4) is 6.07 Å². The summed E-state index contributed by atoms with van der Waals surface area (Å²) in [5.41, 5.74) is 0.0343. The summed E-state index contributed by atoms with van der Waals surface area (Å²) in [5, 5.41) is 11.7. The molecule has 1 aromatic rings. The molecule has 0 spiro atoms. The average molecular weight is 286 g/mol. The molecule has 0 aromatic carbocycles. The molecular formula is C13H17ClFN3O. The fraction of sp³-hybridized carbons (Fsp3) is 0.538. The van der Waals surface area contributed by atoms with E-state index in [9.17, 15) is 4.39 Å². The highest BCUT2D eigenvalue weighted by atomic mass is 35.5. The number of hydrogen-bond donors (Lipinski definition) is 1. The second kappa shape index (κ2) is 7.93. The molecule has 0 radical (unpaired) electrons. The van der Waals surface area contributed by atoms with Gasteiger partial charge in [-0.15, -0.1) is 0 Å². The van der Waals surface area contributed by atoms with Gasteiger partial charge in [0.25, 0.3) is 0 Å². The Labute approximate surface area is 117 Å². The van der Waals surface area contributed by atoms with E-state index in [0.717, 1.165) is 18.9 Å². The summed E-state index contributed by atoms with van der Waals surface area (Å²) >= 11 is 5.79. The molecule has 0 saturated heterocycles. The van der Waals surface area contributed by atoms with Crippen LogP contribution >= 0.6 is 11.6 Å². The Hall–Kier alpha value is -1.38. The summed E-state index contributed by atoms with van der Waals surface area (Å²) in [6, 6.07) is 2.93. The molecule has 4 nitrogen and oxygen atoms in total. The van der Waals surface area contributed by atoms with E-state index in [-0.39, 0.29) is 22.6 Å². The maximum atomic E-state index is 13.7. The normalized spacial score (nSPS) is 11.9. The van der Waals surface area contributed by atoms with Crippen LogP contribution in [0.25, 0.3) is 0 Å². The third kappa shape index (κ3) is 4.66. The highest BCUT2D eigenvalue weighted by molar-refractivity contribution is 6.30. The van der Waals surface area contributed by atoms with E-state index in [4.69, 9.17) is 21.6 Å². The van der Waals surface area contributed by atoms with Crippen molar-refractivity contribution in [3.05, 3.63) is 22.6 Å². The first-order chi connectivity index (χ1) is 9.12. The monoisotopic (exact) mass is 285 g/mol. The predicted octanol–water partition coefficient (Wildman–Crippen LogP) is 3.36. The standard InChI is InChI=1S/C13H17ClFN3O/c1-3-10(5-6-19-4-2)17-13-11(15)7-9(8-16)12(14)18-13/h7,10H,3-6H2,1-2H3,(H,17,18). The summed E-state index contributed by atoms with van der Waals surface area (Å²) in [5.74, 6) is -0.497. The van der Waals surface area contributed by atoms with Crippen LogP contribution in [0.1, 0.15) is 32.3 Å². The van der Waals surface area contributed by atoms with Crippen molar-refractivity contribution in [2.75, 3.05) is 18.5 Å². The van der Waals surface area contributed by atoms with E-state index < -0.39 is 5.82 Å². The van der Waals surface area contributed by atoms with E-state index in [2.05, 4.69) is 10.3 Å². The van der Waals surface area contributed by atoms with Crippen molar-refractivity contribution in [1.29, 1.82) is 5.26 Å². The molecule has 1 aromatic heterocycles. The van der Waals surface area contributed by atoms with Gasteiger partial charge in [0, 0.05) is 19.3 Å². The Balaban J connectivity index is 2.74. The second-order valence-corrected chi connectivity index (χ2v) is 4.36. The van der Waals surface area contributed by atoms with Gasteiger partial charge < -0.3 is 10.1 Å². The first kappa shape index (κ1) is 15.7. The van der Waals surface area contributed by atoms with Crippen LogP contribution in [0.15, 0.2) is 6.07 Å². The highest BCUT2D eigenvalue weighted by Gasteiger charge is 2.14. The summed E-state index contributed by atoms with van der Waals surface area (Å²) in [7, 11) is 0. The lowest BCUT2D eigenvalue weighted by Gasteiger charge is -2.18. The molecule has 6 heteroatoms.